The van der Waals surface area contributed by atoms with Gasteiger partial charge in [0.25, 0.3) is 0 Å². The van der Waals surface area contributed by atoms with Gasteiger partial charge in [-0.1, -0.05) is 0 Å². The number of rotatable bonds is 2. The molecular formula is C15H17N3O3. The molecule has 0 aliphatic carbocycles. The van der Waals surface area contributed by atoms with E-state index in [1.54, 1.807) is 6.20 Å². The van der Waals surface area contributed by atoms with Crippen LogP contribution in [0.15, 0.2) is 18.3 Å². The lowest BCUT2D eigenvalue weighted by atomic mass is 9.94. The van der Waals surface area contributed by atoms with Gasteiger partial charge in [0.2, 0.25) is 11.8 Å². The van der Waals surface area contributed by atoms with Crippen molar-refractivity contribution >= 4 is 23.3 Å². The smallest absolute Gasteiger partial charge is 0.235 e. The first-order valence-corrected chi connectivity index (χ1v) is 7.20. The molecular weight excluding hydrogens is 270 g/mol. The highest BCUT2D eigenvalue weighted by molar-refractivity contribution is 6.00. The number of carbonyl (C=O) groups excluding carboxylic acids is 3. The summed E-state index contributed by atoms with van der Waals surface area (Å²) >= 11 is 0. The van der Waals surface area contributed by atoms with Crippen molar-refractivity contribution in [2.75, 3.05) is 18.0 Å². The van der Waals surface area contributed by atoms with Gasteiger partial charge >= 0.3 is 0 Å². The highest BCUT2D eigenvalue weighted by Gasteiger charge is 2.29. The van der Waals surface area contributed by atoms with Crippen molar-refractivity contribution in [3.63, 3.8) is 0 Å². The maximum Gasteiger partial charge on any atom is 0.235 e. The number of piperidine rings is 2. The minimum Gasteiger partial charge on any atom is -0.369 e. The fourth-order valence-corrected chi connectivity index (χ4v) is 2.78. The molecule has 1 atom stereocenters. The predicted octanol–water partition coefficient (Wildman–Crippen LogP) is 0.771. The van der Waals surface area contributed by atoms with Gasteiger partial charge in [-0.05, 0) is 18.6 Å². The highest BCUT2D eigenvalue weighted by Crippen LogP contribution is 2.25. The molecule has 0 spiro atoms. The van der Waals surface area contributed by atoms with Crippen LogP contribution in [0.3, 0.4) is 0 Å². The number of amides is 2. The third-order valence-electron chi connectivity index (χ3n) is 4.05. The number of Topliss-reactive ketones (excluding diaryl/α,β-unsaturated/α-hetero) is 1. The average molecular weight is 287 g/mol. The minimum absolute atomic E-state index is 0.217. The lowest BCUT2D eigenvalue weighted by molar-refractivity contribution is -0.134. The Morgan fingerprint density at radius 3 is 2.48 bits per heavy atom. The first-order chi connectivity index (χ1) is 10.1. The second-order valence-electron chi connectivity index (χ2n) is 5.47. The first-order valence-electron chi connectivity index (χ1n) is 7.20. The van der Waals surface area contributed by atoms with Gasteiger partial charge in [-0.25, -0.2) is 0 Å². The van der Waals surface area contributed by atoms with Crippen LogP contribution in [0.2, 0.25) is 0 Å². The predicted molar refractivity (Wildman–Crippen MR) is 75.8 cm³/mol. The van der Waals surface area contributed by atoms with E-state index in [4.69, 9.17) is 0 Å². The largest absolute Gasteiger partial charge is 0.369 e. The summed E-state index contributed by atoms with van der Waals surface area (Å²) in [4.78, 5) is 40.7. The lowest BCUT2D eigenvalue weighted by Gasteiger charge is -2.28. The molecule has 0 saturated carbocycles. The van der Waals surface area contributed by atoms with E-state index in [1.807, 2.05) is 12.1 Å². The van der Waals surface area contributed by atoms with Gasteiger partial charge in [0.1, 0.15) is 5.78 Å². The molecule has 1 aromatic rings. The van der Waals surface area contributed by atoms with Gasteiger partial charge < -0.3 is 4.90 Å². The molecule has 3 heterocycles. The molecule has 21 heavy (non-hydrogen) atoms. The quantitative estimate of drug-likeness (QED) is 0.813. The summed E-state index contributed by atoms with van der Waals surface area (Å²) in [5.41, 5.74) is 1.66. The van der Waals surface area contributed by atoms with Crippen LogP contribution in [0.1, 0.15) is 37.3 Å². The molecule has 6 nitrogen and oxygen atoms in total. The van der Waals surface area contributed by atoms with E-state index in [9.17, 15) is 14.4 Å². The number of carbonyl (C=O) groups is 3. The number of nitrogens with zero attached hydrogens (tertiary/aromatic N) is 2. The van der Waals surface area contributed by atoms with Gasteiger partial charge in [-0.3, -0.25) is 24.7 Å². The summed E-state index contributed by atoms with van der Waals surface area (Å²) in [5.74, 6) is -0.528. The maximum absolute atomic E-state index is 11.8. The summed E-state index contributed by atoms with van der Waals surface area (Å²) in [7, 11) is 0. The molecule has 6 heteroatoms. The molecule has 2 fully saturated rings. The molecule has 0 radical (unpaired) electrons. The van der Waals surface area contributed by atoms with Gasteiger partial charge in [-0.2, -0.15) is 0 Å². The zero-order valence-corrected chi connectivity index (χ0v) is 11.7. The molecule has 2 aliphatic rings. The number of aromatic nitrogens is 1. The van der Waals surface area contributed by atoms with E-state index >= 15 is 0 Å². The fourth-order valence-electron chi connectivity index (χ4n) is 2.78. The molecule has 2 saturated heterocycles. The van der Waals surface area contributed by atoms with Crippen LogP contribution >= 0.6 is 0 Å². The number of hydrogen-bond donors (Lipinski definition) is 1. The monoisotopic (exact) mass is 287 g/mol. The van der Waals surface area contributed by atoms with Crippen molar-refractivity contribution in [1.29, 1.82) is 0 Å². The minimum atomic E-state index is -0.348. The Hall–Kier alpha value is -2.24. The number of pyridine rings is 1. The van der Waals surface area contributed by atoms with Crippen molar-refractivity contribution in [3.8, 4) is 0 Å². The van der Waals surface area contributed by atoms with Gasteiger partial charge in [0.05, 0.1) is 23.5 Å². The van der Waals surface area contributed by atoms with Crippen LogP contribution in [0, 0.1) is 0 Å². The Morgan fingerprint density at radius 2 is 1.86 bits per heavy atom. The van der Waals surface area contributed by atoms with E-state index in [2.05, 4.69) is 15.2 Å². The molecule has 110 valence electrons. The zero-order chi connectivity index (χ0) is 14.8. The molecule has 0 bridgehead atoms. The van der Waals surface area contributed by atoms with E-state index in [0.29, 0.717) is 37.2 Å². The topological polar surface area (TPSA) is 79.4 Å². The van der Waals surface area contributed by atoms with Crippen molar-refractivity contribution in [3.05, 3.63) is 24.0 Å². The van der Waals surface area contributed by atoms with Crippen molar-refractivity contribution in [2.45, 2.75) is 31.6 Å². The number of ketones is 1. The molecule has 2 aliphatic heterocycles. The Bertz CT molecular complexity index is 572. The maximum atomic E-state index is 11.8. The van der Waals surface area contributed by atoms with Gasteiger partial charge in [-0.15, -0.1) is 0 Å². The number of hydrogen-bond acceptors (Lipinski definition) is 5. The summed E-state index contributed by atoms with van der Waals surface area (Å²) < 4.78 is 0. The Kier molecular flexibility index (Phi) is 3.68. The van der Waals surface area contributed by atoms with Crippen molar-refractivity contribution in [2.24, 2.45) is 0 Å². The Morgan fingerprint density at radius 1 is 1.10 bits per heavy atom. The molecule has 1 aromatic heterocycles. The molecule has 1 N–H and O–H groups in total. The van der Waals surface area contributed by atoms with Crippen molar-refractivity contribution in [1.82, 2.24) is 10.3 Å². The van der Waals surface area contributed by atoms with E-state index in [-0.39, 0.29) is 17.7 Å². The van der Waals surface area contributed by atoms with Gasteiger partial charge in [0, 0.05) is 32.4 Å². The molecule has 0 aromatic carbocycles. The van der Waals surface area contributed by atoms with E-state index in [1.165, 1.54) is 0 Å². The molecule has 3 rings (SSSR count). The van der Waals surface area contributed by atoms with Gasteiger partial charge in [0.15, 0.2) is 0 Å². The highest BCUT2D eigenvalue weighted by atomic mass is 16.2. The summed E-state index contributed by atoms with van der Waals surface area (Å²) in [5, 5.41) is 2.34. The average Bonchev–Trinajstić information content (AvgIpc) is 2.48. The summed E-state index contributed by atoms with van der Waals surface area (Å²) in [6.45, 7) is 1.44. The first kappa shape index (κ1) is 13.7. The lowest BCUT2D eigenvalue weighted by Crippen LogP contribution is -2.39. The zero-order valence-electron chi connectivity index (χ0n) is 11.7. The van der Waals surface area contributed by atoms with Crippen LogP contribution in [0.4, 0.5) is 5.69 Å². The third kappa shape index (κ3) is 2.94. The second-order valence-corrected chi connectivity index (χ2v) is 5.47. The fraction of sp³-hybridized carbons (Fsp3) is 0.467. The summed E-state index contributed by atoms with van der Waals surface area (Å²) in [6.07, 6.45) is 3.77. The Balaban J connectivity index is 1.70. The molecule has 1 unspecified atom stereocenters. The second kappa shape index (κ2) is 5.63. The Labute approximate surface area is 122 Å². The number of imide groups is 1. The number of anilines is 1. The van der Waals surface area contributed by atoms with Crippen molar-refractivity contribution < 1.29 is 14.4 Å². The SMILES string of the molecule is O=C1CCN(c2ccc(C3CCC(=O)NC3=O)nc2)CC1. The van der Waals surface area contributed by atoms with Crippen LogP contribution < -0.4 is 10.2 Å². The molecule has 2 amide bonds. The van der Waals surface area contributed by atoms with Crippen LogP contribution in [-0.2, 0) is 14.4 Å². The standard InChI is InChI=1S/C15H17N3O3/c19-11-5-7-18(8-6-11)10-1-3-13(16-9-10)12-2-4-14(20)17-15(12)21/h1,3,9,12H,2,4-8H2,(H,17,20,21). The number of nitrogens with one attached hydrogen (secondary N) is 1. The van der Waals surface area contributed by atoms with Crippen LogP contribution in [0.5, 0.6) is 0 Å². The summed E-state index contributed by atoms with van der Waals surface area (Å²) in [6, 6.07) is 3.77. The van der Waals surface area contributed by atoms with E-state index in [0.717, 1.165) is 18.8 Å². The van der Waals surface area contributed by atoms with E-state index < -0.39 is 0 Å². The normalized spacial score (nSPS) is 23.1. The third-order valence-corrected chi connectivity index (χ3v) is 4.05. The van der Waals surface area contributed by atoms with Crippen LogP contribution in [0.25, 0.3) is 0 Å². The van der Waals surface area contributed by atoms with Crippen LogP contribution in [-0.4, -0.2) is 35.7 Å².